The summed E-state index contributed by atoms with van der Waals surface area (Å²) in [6.07, 6.45) is 4.67. The Morgan fingerprint density at radius 3 is 2.39 bits per heavy atom. The zero-order valence-corrected chi connectivity index (χ0v) is 20.8. The molecule has 2 aromatic heterocycles. The van der Waals surface area contributed by atoms with Crippen molar-refractivity contribution in [1.82, 2.24) is 19.4 Å². The number of hydrogen-bond acceptors (Lipinski definition) is 5. The summed E-state index contributed by atoms with van der Waals surface area (Å²) in [4.78, 5) is 44.0. The van der Waals surface area contributed by atoms with Crippen LogP contribution < -0.4 is 22.3 Å². The van der Waals surface area contributed by atoms with Gasteiger partial charge in [-0.3, -0.25) is 14.2 Å². The maximum Gasteiger partial charge on any atom is 0.337 e. The van der Waals surface area contributed by atoms with Crippen molar-refractivity contribution in [3.05, 3.63) is 93.5 Å². The minimum Gasteiger partial charge on any atom is -0.352 e. The van der Waals surface area contributed by atoms with Crippen molar-refractivity contribution in [2.45, 2.75) is 56.1 Å². The van der Waals surface area contributed by atoms with E-state index in [0.717, 1.165) is 23.4 Å². The van der Waals surface area contributed by atoms with Gasteiger partial charge in [0.05, 0.1) is 22.8 Å². The monoisotopic (exact) mass is 513 g/mol. The Morgan fingerprint density at radius 1 is 0.974 bits per heavy atom. The lowest BCUT2D eigenvalue weighted by Gasteiger charge is -2.31. The minimum absolute atomic E-state index is 0.0453. The van der Waals surface area contributed by atoms with Gasteiger partial charge >= 0.3 is 5.69 Å². The summed E-state index contributed by atoms with van der Waals surface area (Å²) < 4.78 is 16.9. The van der Waals surface area contributed by atoms with Crippen LogP contribution in [0.5, 0.6) is 0 Å². The molecule has 9 heteroatoms. The number of nitrogens with two attached hydrogens (primary N) is 1. The third-order valence-electron chi connectivity index (χ3n) is 7.74. The highest BCUT2D eigenvalue weighted by Crippen LogP contribution is 2.34. The Labute approximate surface area is 217 Å². The molecule has 194 valence electrons. The number of aromatic nitrogens is 3. The first-order valence-corrected chi connectivity index (χ1v) is 12.9. The van der Waals surface area contributed by atoms with Crippen LogP contribution in [-0.4, -0.2) is 31.6 Å². The number of nitrogens with one attached hydrogen (secondary N) is 1. The molecule has 8 nitrogen and oxygen atoms in total. The maximum absolute atomic E-state index is 14.2. The predicted molar refractivity (Wildman–Crippen MR) is 143 cm³/mol. The molecule has 2 aliphatic carbocycles. The highest BCUT2D eigenvalue weighted by Gasteiger charge is 2.46. The molecular weight excluding hydrogens is 485 g/mol. The molecule has 6 rings (SSSR count). The molecule has 2 fully saturated rings. The van der Waals surface area contributed by atoms with Crippen LogP contribution in [-0.2, 0) is 4.79 Å². The molecule has 0 spiro atoms. The van der Waals surface area contributed by atoms with Crippen LogP contribution in [0, 0.1) is 5.82 Å². The first kappa shape index (κ1) is 24.2. The molecule has 0 aliphatic heterocycles. The van der Waals surface area contributed by atoms with Gasteiger partial charge in [0.15, 0.2) is 5.65 Å². The number of hydrogen-bond donors (Lipinski definition) is 2. The van der Waals surface area contributed by atoms with Crippen LogP contribution in [0.2, 0.25) is 0 Å². The molecule has 38 heavy (non-hydrogen) atoms. The molecule has 1 amide bonds. The van der Waals surface area contributed by atoms with E-state index in [0.29, 0.717) is 44.2 Å². The standard InChI is InChI=1S/C29H28FN5O3/c30-20-16-24-25(32-17-20)34(23-8-4-7-19(15-23)18-5-2-1-3-6-18)28(38)35(26(24)36)22-11-9-21(10-12-22)33-27(37)29(31)13-14-29/h1-8,15-17,21-22H,9-14,31H2,(H,33,37)/t21-,22+. The number of rotatable bonds is 5. The Hall–Kier alpha value is -4.11. The van der Waals surface area contributed by atoms with Crippen molar-refractivity contribution in [3.8, 4) is 16.8 Å². The second-order valence-electron chi connectivity index (χ2n) is 10.4. The Morgan fingerprint density at radius 2 is 1.68 bits per heavy atom. The lowest BCUT2D eigenvalue weighted by atomic mass is 9.90. The van der Waals surface area contributed by atoms with Gasteiger partial charge in [-0.25, -0.2) is 18.7 Å². The van der Waals surface area contributed by atoms with Crippen LogP contribution in [0.25, 0.3) is 27.8 Å². The number of benzene rings is 2. The van der Waals surface area contributed by atoms with E-state index in [1.54, 1.807) is 6.07 Å². The fraction of sp³-hybridized carbons (Fsp3) is 0.310. The molecule has 2 aliphatic rings. The summed E-state index contributed by atoms with van der Waals surface area (Å²) in [5.41, 5.74) is 6.72. The molecule has 2 heterocycles. The maximum atomic E-state index is 14.2. The van der Waals surface area contributed by atoms with E-state index in [4.69, 9.17) is 5.73 Å². The predicted octanol–water partition coefficient (Wildman–Crippen LogP) is 3.44. The Kier molecular flexibility index (Phi) is 5.95. The number of amides is 1. The summed E-state index contributed by atoms with van der Waals surface area (Å²) in [6.45, 7) is 0. The van der Waals surface area contributed by atoms with Gasteiger partial charge in [-0.15, -0.1) is 0 Å². The van der Waals surface area contributed by atoms with Gasteiger partial charge in [0.25, 0.3) is 5.56 Å². The molecular formula is C29H28FN5O3. The lowest BCUT2D eigenvalue weighted by Crippen LogP contribution is -2.49. The first-order valence-electron chi connectivity index (χ1n) is 12.9. The van der Waals surface area contributed by atoms with Gasteiger partial charge in [-0.1, -0.05) is 42.5 Å². The molecule has 2 aromatic carbocycles. The molecule has 0 atom stereocenters. The van der Waals surface area contributed by atoms with Gasteiger partial charge in [-0.05, 0) is 67.9 Å². The van der Waals surface area contributed by atoms with Crippen molar-refractivity contribution in [2.75, 3.05) is 0 Å². The summed E-state index contributed by atoms with van der Waals surface area (Å²) >= 11 is 0. The van der Waals surface area contributed by atoms with Crippen LogP contribution in [0.15, 0.2) is 76.4 Å². The second kappa shape index (κ2) is 9.33. The number of nitrogens with zero attached hydrogens (tertiary/aromatic N) is 3. The third-order valence-corrected chi connectivity index (χ3v) is 7.74. The molecule has 0 saturated heterocycles. The van der Waals surface area contributed by atoms with Crippen LogP contribution in [0.1, 0.15) is 44.6 Å². The van der Waals surface area contributed by atoms with E-state index in [1.807, 2.05) is 48.5 Å². The fourth-order valence-electron chi connectivity index (χ4n) is 5.36. The second-order valence-corrected chi connectivity index (χ2v) is 10.4. The van der Waals surface area contributed by atoms with Gasteiger partial charge in [0.1, 0.15) is 5.82 Å². The van der Waals surface area contributed by atoms with Crippen LogP contribution >= 0.6 is 0 Å². The quantitative estimate of drug-likeness (QED) is 0.425. The van der Waals surface area contributed by atoms with Crippen LogP contribution in [0.3, 0.4) is 0 Å². The van der Waals surface area contributed by atoms with Gasteiger partial charge in [0.2, 0.25) is 5.91 Å². The largest absolute Gasteiger partial charge is 0.352 e. The smallest absolute Gasteiger partial charge is 0.337 e. The SMILES string of the molecule is NC1(C(=O)N[C@H]2CC[C@@H](n3c(=O)c4cc(F)cnc4n(-c4cccc(-c5ccccc5)c4)c3=O)CC2)CC1. The summed E-state index contributed by atoms with van der Waals surface area (Å²) in [5, 5.41) is 3.07. The fourth-order valence-corrected chi connectivity index (χ4v) is 5.36. The average molecular weight is 514 g/mol. The number of carbonyl (C=O) groups is 1. The minimum atomic E-state index is -0.745. The van der Waals surface area contributed by atoms with E-state index >= 15 is 0 Å². The highest BCUT2D eigenvalue weighted by molar-refractivity contribution is 5.89. The molecule has 4 aromatic rings. The van der Waals surface area contributed by atoms with Gasteiger partial charge in [-0.2, -0.15) is 0 Å². The van der Waals surface area contributed by atoms with Crippen molar-refractivity contribution >= 4 is 16.9 Å². The van der Waals surface area contributed by atoms with Crippen LogP contribution in [0.4, 0.5) is 4.39 Å². The Balaban J connectivity index is 1.40. The van der Waals surface area contributed by atoms with E-state index in [-0.39, 0.29) is 29.0 Å². The van der Waals surface area contributed by atoms with Crippen molar-refractivity contribution in [1.29, 1.82) is 0 Å². The topological polar surface area (TPSA) is 112 Å². The molecule has 0 radical (unpaired) electrons. The average Bonchev–Trinajstić information content (AvgIpc) is 3.69. The van der Waals surface area contributed by atoms with Crippen molar-refractivity contribution < 1.29 is 9.18 Å². The van der Waals surface area contributed by atoms with Crippen molar-refractivity contribution in [3.63, 3.8) is 0 Å². The number of fused-ring (bicyclic) bond motifs is 1. The zero-order valence-electron chi connectivity index (χ0n) is 20.8. The normalized spacial score (nSPS) is 20.3. The van der Waals surface area contributed by atoms with E-state index in [9.17, 15) is 18.8 Å². The summed E-state index contributed by atoms with van der Waals surface area (Å²) in [7, 11) is 0. The molecule has 0 unspecified atom stereocenters. The number of pyridine rings is 1. The van der Waals surface area contributed by atoms with Gasteiger partial charge < -0.3 is 11.1 Å². The number of halogens is 1. The zero-order chi connectivity index (χ0) is 26.4. The molecule has 2 saturated carbocycles. The molecule has 0 bridgehead atoms. The van der Waals surface area contributed by atoms with E-state index in [1.165, 1.54) is 9.13 Å². The van der Waals surface area contributed by atoms with E-state index < -0.39 is 22.6 Å². The third kappa shape index (κ3) is 4.32. The summed E-state index contributed by atoms with van der Waals surface area (Å²) in [5.74, 6) is -0.780. The first-order chi connectivity index (χ1) is 18.3. The number of carbonyl (C=O) groups excluding carboxylic acids is 1. The lowest BCUT2D eigenvalue weighted by molar-refractivity contribution is -0.124. The van der Waals surface area contributed by atoms with Crippen molar-refractivity contribution in [2.24, 2.45) is 5.73 Å². The van der Waals surface area contributed by atoms with E-state index in [2.05, 4.69) is 10.3 Å². The molecule has 3 N–H and O–H groups in total. The highest BCUT2D eigenvalue weighted by atomic mass is 19.1. The summed E-state index contributed by atoms with van der Waals surface area (Å²) in [6, 6.07) is 17.9. The van der Waals surface area contributed by atoms with Gasteiger partial charge in [0, 0.05) is 12.1 Å². The Bertz CT molecular complexity index is 1650.